The lowest BCUT2D eigenvalue weighted by atomic mass is 10.1. The second-order valence-electron chi connectivity index (χ2n) is 3.93. The van der Waals surface area contributed by atoms with Crippen molar-refractivity contribution in [2.24, 2.45) is 0 Å². The zero-order chi connectivity index (χ0) is 12.7. The lowest BCUT2D eigenvalue weighted by molar-refractivity contribution is 0.0643. The summed E-state index contributed by atoms with van der Waals surface area (Å²) < 4.78 is 0.934. The molecule has 0 fully saturated rings. The zero-order valence-electron chi connectivity index (χ0n) is 9.22. The van der Waals surface area contributed by atoms with Gasteiger partial charge in [0.1, 0.15) is 0 Å². The fraction of sp³-hybridized carbons (Fsp3) is 0.0769. The number of carbonyl (C=O) groups excluding carboxylic acids is 2. The summed E-state index contributed by atoms with van der Waals surface area (Å²) in [5.41, 5.74) is 0.991. The maximum absolute atomic E-state index is 12.1. The number of halogens is 1. The number of nitrogens with zero attached hydrogens (tertiary/aromatic N) is 1. The number of fused-ring (bicyclic) bond motifs is 1. The van der Waals surface area contributed by atoms with E-state index in [9.17, 15) is 9.59 Å². The predicted molar refractivity (Wildman–Crippen MR) is 72.7 cm³/mol. The molecule has 18 heavy (non-hydrogen) atoms. The van der Waals surface area contributed by atoms with Gasteiger partial charge in [-0.25, -0.2) is 0 Å². The van der Waals surface area contributed by atoms with Gasteiger partial charge in [0.2, 0.25) is 0 Å². The summed E-state index contributed by atoms with van der Waals surface area (Å²) in [5, 5.41) is 1.93. The van der Waals surface area contributed by atoms with Crippen LogP contribution in [-0.2, 0) is 6.54 Å². The van der Waals surface area contributed by atoms with Crippen LogP contribution in [0.4, 0.5) is 0 Å². The largest absolute Gasteiger partial charge is 0.269 e. The van der Waals surface area contributed by atoms with Crippen LogP contribution in [0, 0.1) is 0 Å². The minimum atomic E-state index is -0.212. The molecule has 1 aliphatic rings. The highest BCUT2D eigenvalue weighted by atomic mass is 79.9. The van der Waals surface area contributed by atoms with Crippen LogP contribution in [0.1, 0.15) is 25.6 Å². The number of amides is 2. The first-order valence-corrected chi connectivity index (χ1v) is 7.03. The first-order valence-electron chi connectivity index (χ1n) is 5.35. The first kappa shape index (κ1) is 11.6. The van der Waals surface area contributed by atoms with Crippen LogP contribution in [0.3, 0.4) is 0 Å². The van der Waals surface area contributed by atoms with Gasteiger partial charge in [0.05, 0.1) is 17.7 Å². The number of benzene rings is 1. The van der Waals surface area contributed by atoms with Crippen LogP contribution >= 0.6 is 27.3 Å². The highest BCUT2D eigenvalue weighted by Crippen LogP contribution is 2.29. The van der Waals surface area contributed by atoms with E-state index in [1.165, 1.54) is 16.2 Å². The van der Waals surface area contributed by atoms with Crippen molar-refractivity contribution in [3.05, 3.63) is 56.2 Å². The van der Waals surface area contributed by atoms with Crippen LogP contribution in [0.5, 0.6) is 0 Å². The minimum Gasteiger partial charge on any atom is -0.269 e. The van der Waals surface area contributed by atoms with Gasteiger partial charge in [-0.1, -0.05) is 12.1 Å². The van der Waals surface area contributed by atoms with Crippen LogP contribution < -0.4 is 0 Å². The van der Waals surface area contributed by atoms with Crippen molar-refractivity contribution >= 4 is 39.1 Å². The molecular weight excluding hydrogens is 314 g/mol. The van der Waals surface area contributed by atoms with E-state index < -0.39 is 0 Å². The van der Waals surface area contributed by atoms with Gasteiger partial charge in [0, 0.05) is 9.35 Å². The molecular formula is C13H8BrNO2S. The average molecular weight is 322 g/mol. The van der Waals surface area contributed by atoms with Gasteiger partial charge in [0.25, 0.3) is 11.8 Å². The van der Waals surface area contributed by atoms with E-state index in [-0.39, 0.29) is 11.8 Å². The summed E-state index contributed by atoms with van der Waals surface area (Å²) in [6, 6.07) is 8.85. The lowest BCUT2D eigenvalue weighted by Crippen LogP contribution is -2.28. The molecule has 1 aliphatic heterocycles. The molecule has 90 valence electrons. The molecule has 1 aromatic carbocycles. The fourth-order valence-corrected chi connectivity index (χ4v) is 3.43. The number of hydrogen-bond donors (Lipinski definition) is 0. The van der Waals surface area contributed by atoms with Crippen molar-refractivity contribution in [2.45, 2.75) is 6.54 Å². The van der Waals surface area contributed by atoms with Gasteiger partial charge in [-0.2, -0.15) is 0 Å². The third-order valence-electron chi connectivity index (χ3n) is 2.87. The molecule has 0 saturated heterocycles. The molecule has 0 aliphatic carbocycles. The third-order valence-corrected chi connectivity index (χ3v) is 4.78. The van der Waals surface area contributed by atoms with Crippen molar-refractivity contribution in [1.29, 1.82) is 0 Å². The van der Waals surface area contributed by atoms with E-state index in [1.807, 2.05) is 11.4 Å². The average Bonchev–Trinajstić information content (AvgIpc) is 2.89. The highest BCUT2D eigenvalue weighted by Gasteiger charge is 2.35. The van der Waals surface area contributed by atoms with Gasteiger partial charge in [-0.15, -0.1) is 11.3 Å². The summed E-state index contributed by atoms with van der Waals surface area (Å²) >= 11 is 4.94. The van der Waals surface area contributed by atoms with Crippen molar-refractivity contribution in [3.63, 3.8) is 0 Å². The Labute approximate surface area is 116 Å². The van der Waals surface area contributed by atoms with Crippen LogP contribution in [0.15, 0.2) is 40.2 Å². The maximum Gasteiger partial charge on any atom is 0.261 e. The van der Waals surface area contributed by atoms with Crippen LogP contribution in [-0.4, -0.2) is 16.7 Å². The third kappa shape index (κ3) is 1.71. The molecule has 3 nitrogen and oxygen atoms in total. The molecule has 2 amide bonds. The molecule has 0 N–H and O–H groups in total. The van der Waals surface area contributed by atoms with Gasteiger partial charge in [-0.05, 0) is 39.5 Å². The van der Waals surface area contributed by atoms with Crippen molar-refractivity contribution < 1.29 is 9.59 Å². The van der Waals surface area contributed by atoms with Crippen molar-refractivity contribution in [3.8, 4) is 0 Å². The molecule has 0 saturated carbocycles. The first-order chi connectivity index (χ1) is 8.68. The van der Waals surface area contributed by atoms with E-state index in [2.05, 4.69) is 15.9 Å². The molecule has 0 spiro atoms. The van der Waals surface area contributed by atoms with E-state index in [0.717, 1.165) is 9.35 Å². The normalized spacial score (nSPS) is 14.2. The molecule has 0 atom stereocenters. The zero-order valence-corrected chi connectivity index (χ0v) is 11.6. The monoisotopic (exact) mass is 321 g/mol. The summed E-state index contributed by atoms with van der Waals surface area (Å²) in [6.45, 7) is 0.324. The number of carbonyl (C=O) groups is 2. The smallest absolute Gasteiger partial charge is 0.261 e. The summed E-state index contributed by atoms with van der Waals surface area (Å²) in [6.07, 6.45) is 0. The Hall–Kier alpha value is -1.46. The minimum absolute atomic E-state index is 0.212. The Kier molecular flexibility index (Phi) is 2.80. The molecule has 2 aromatic rings. The quantitative estimate of drug-likeness (QED) is 0.796. The highest BCUT2D eigenvalue weighted by molar-refractivity contribution is 9.10. The van der Waals surface area contributed by atoms with Crippen molar-refractivity contribution in [1.82, 2.24) is 4.90 Å². The SMILES string of the molecule is O=C1c2ccccc2C(=O)N1Cc1sccc1Br. The molecule has 0 radical (unpaired) electrons. The Morgan fingerprint density at radius 3 is 2.17 bits per heavy atom. The van der Waals surface area contributed by atoms with Gasteiger partial charge in [-0.3, -0.25) is 14.5 Å². The topological polar surface area (TPSA) is 37.4 Å². The Balaban J connectivity index is 1.95. The summed E-state index contributed by atoms with van der Waals surface area (Å²) in [4.78, 5) is 26.5. The standard InChI is InChI=1S/C13H8BrNO2S/c14-10-5-6-18-11(10)7-15-12(16)8-3-1-2-4-9(8)13(15)17/h1-6H,7H2. The molecule has 0 bridgehead atoms. The molecule has 5 heteroatoms. The van der Waals surface area contributed by atoms with Crippen LogP contribution in [0.25, 0.3) is 0 Å². The molecule has 3 rings (SSSR count). The van der Waals surface area contributed by atoms with E-state index in [1.54, 1.807) is 24.3 Å². The lowest BCUT2D eigenvalue weighted by Gasteiger charge is -2.12. The number of imide groups is 1. The summed E-state index contributed by atoms with van der Waals surface area (Å²) in [7, 11) is 0. The number of hydrogen-bond acceptors (Lipinski definition) is 3. The predicted octanol–water partition coefficient (Wildman–Crippen LogP) is 3.31. The maximum atomic E-state index is 12.1. The second-order valence-corrected chi connectivity index (χ2v) is 5.79. The Bertz CT molecular complexity index is 615. The van der Waals surface area contributed by atoms with E-state index in [0.29, 0.717) is 17.7 Å². The van der Waals surface area contributed by atoms with Crippen LogP contribution in [0.2, 0.25) is 0 Å². The Morgan fingerprint density at radius 2 is 1.67 bits per heavy atom. The van der Waals surface area contributed by atoms with Gasteiger partial charge in [0.15, 0.2) is 0 Å². The van der Waals surface area contributed by atoms with Gasteiger partial charge >= 0.3 is 0 Å². The molecule has 1 aromatic heterocycles. The Morgan fingerprint density at radius 1 is 1.06 bits per heavy atom. The summed E-state index contributed by atoms with van der Waals surface area (Å²) in [5.74, 6) is -0.424. The van der Waals surface area contributed by atoms with Crippen molar-refractivity contribution in [2.75, 3.05) is 0 Å². The van der Waals surface area contributed by atoms with Gasteiger partial charge < -0.3 is 0 Å². The van der Waals surface area contributed by atoms with E-state index >= 15 is 0 Å². The van der Waals surface area contributed by atoms with E-state index in [4.69, 9.17) is 0 Å². The number of rotatable bonds is 2. The molecule has 2 heterocycles. The molecule has 0 unspecified atom stereocenters. The second kappa shape index (κ2) is 4.33. The number of thiophene rings is 1. The fourth-order valence-electron chi connectivity index (χ4n) is 1.96.